The fraction of sp³-hybridized carbons (Fsp3) is 0.227. The van der Waals surface area contributed by atoms with Crippen LogP contribution in [0.15, 0.2) is 58.4 Å². The van der Waals surface area contributed by atoms with Crippen LogP contribution in [0.1, 0.15) is 18.9 Å². The highest BCUT2D eigenvalue weighted by Gasteiger charge is 2.32. The molecule has 2 amide bonds. The maximum atomic E-state index is 12.9. The van der Waals surface area contributed by atoms with E-state index in [2.05, 4.69) is 4.99 Å². The largest absolute Gasteiger partial charge is 0.493 e. The van der Waals surface area contributed by atoms with Gasteiger partial charge in [-0.25, -0.2) is 4.99 Å². The summed E-state index contributed by atoms with van der Waals surface area (Å²) < 4.78 is 10.7. The Balaban J connectivity index is 1.88. The molecule has 2 aromatic rings. The van der Waals surface area contributed by atoms with Gasteiger partial charge in [-0.05, 0) is 54.1 Å². The summed E-state index contributed by atoms with van der Waals surface area (Å²) in [5, 5.41) is 0.660. The lowest BCUT2D eigenvalue weighted by molar-refractivity contribution is -0.122. The number of nitrogens with two attached hydrogens (primary N) is 1. The second-order valence-corrected chi connectivity index (χ2v) is 7.47. The molecular weight excluding hydrogens is 402 g/mol. The van der Waals surface area contributed by atoms with E-state index < -0.39 is 5.91 Å². The van der Waals surface area contributed by atoms with E-state index in [0.29, 0.717) is 28.1 Å². The minimum absolute atomic E-state index is 0.0791. The number of hydrogen-bond donors (Lipinski definition) is 1. The van der Waals surface area contributed by atoms with Gasteiger partial charge in [-0.2, -0.15) is 0 Å². The van der Waals surface area contributed by atoms with Crippen LogP contribution in [0, 0.1) is 0 Å². The zero-order valence-corrected chi connectivity index (χ0v) is 17.6. The van der Waals surface area contributed by atoms with Crippen LogP contribution in [-0.2, 0) is 9.59 Å². The van der Waals surface area contributed by atoms with Crippen LogP contribution in [0.3, 0.4) is 0 Å². The fourth-order valence-corrected chi connectivity index (χ4v) is 3.84. The zero-order chi connectivity index (χ0) is 21.5. The molecule has 0 saturated carbocycles. The average molecular weight is 426 g/mol. The molecule has 0 aromatic heterocycles. The maximum Gasteiger partial charge on any atom is 0.266 e. The topological polar surface area (TPSA) is 94.2 Å². The third-order valence-corrected chi connectivity index (χ3v) is 5.18. The SMILES string of the molecule is CCCN1C(=O)/C(=C\c2ccc(OCC(N)=O)c(OC)c2)SC1=Nc1ccccc1. The Morgan fingerprint density at radius 2 is 1.97 bits per heavy atom. The quantitative estimate of drug-likeness (QED) is 0.653. The molecule has 30 heavy (non-hydrogen) atoms. The van der Waals surface area contributed by atoms with E-state index in [-0.39, 0.29) is 12.5 Å². The number of primary amides is 1. The standard InChI is InChI=1S/C22H23N3O4S/c1-3-11-25-21(27)19(30-22(25)24-16-7-5-4-6-8-16)13-15-9-10-17(18(12-15)28-2)29-14-20(23)26/h4-10,12-13H,3,11,14H2,1-2H3,(H2,23,26)/b19-13+,24-22?. The lowest BCUT2D eigenvalue weighted by Crippen LogP contribution is -2.29. The molecule has 0 aliphatic carbocycles. The van der Waals surface area contributed by atoms with Crippen LogP contribution in [0.5, 0.6) is 11.5 Å². The summed E-state index contributed by atoms with van der Waals surface area (Å²) in [6.07, 6.45) is 2.62. The molecule has 3 rings (SSSR count). The summed E-state index contributed by atoms with van der Waals surface area (Å²) in [5.74, 6) is 0.203. The summed E-state index contributed by atoms with van der Waals surface area (Å²) in [6.45, 7) is 2.38. The number of hydrogen-bond acceptors (Lipinski definition) is 6. The number of aliphatic imine (C=N–C) groups is 1. The van der Waals surface area contributed by atoms with Gasteiger partial charge in [0, 0.05) is 6.54 Å². The number of para-hydroxylation sites is 1. The van der Waals surface area contributed by atoms with Crippen LogP contribution in [-0.4, -0.2) is 42.1 Å². The summed E-state index contributed by atoms with van der Waals surface area (Å²) in [6, 6.07) is 14.8. The Bertz CT molecular complexity index is 989. The molecule has 0 bridgehead atoms. The van der Waals surface area contributed by atoms with Crippen molar-refractivity contribution in [2.45, 2.75) is 13.3 Å². The minimum atomic E-state index is -0.572. The third kappa shape index (κ3) is 5.21. The predicted molar refractivity (Wildman–Crippen MR) is 119 cm³/mol. The van der Waals surface area contributed by atoms with Gasteiger partial charge in [0.05, 0.1) is 17.7 Å². The van der Waals surface area contributed by atoms with Crippen molar-refractivity contribution in [2.75, 3.05) is 20.3 Å². The van der Waals surface area contributed by atoms with Gasteiger partial charge in [0.1, 0.15) is 0 Å². The molecule has 1 aliphatic heterocycles. The first-order valence-corrected chi connectivity index (χ1v) is 10.3. The molecule has 1 aliphatic rings. The van der Waals surface area contributed by atoms with Crippen LogP contribution >= 0.6 is 11.8 Å². The van der Waals surface area contributed by atoms with Crippen LogP contribution in [0.25, 0.3) is 6.08 Å². The van der Waals surface area contributed by atoms with Crippen molar-refractivity contribution in [3.05, 3.63) is 59.0 Å². The second-order valence-electron chi connectivity index (χ2n) is 6.46. The predicted octanol–water partition coefficient (Wildman–Crippen LogP) is 3.57. The third-order valence-electron chi connectivity index (χ3n) is 4.17. The highest BCUT2D eigenvalue weighted by Crippen LogP contribution is 2.36. The fourth-order valence-electron chi connectivity index (χ4n) is 2.82. The van der Waals surface area contributed by atoms with E-state index in [1.54, 1.807) is 29.2 Å². The number of methoxy groups -OCH3 is 1. The van der Waals surface area contributed by atoms with E-state index >= 15 is 0 Å². The van der Waals surface area contributed by atoms with Crippen molar-refractivity contribution in [2.24, 2.45) is 10.7 Å². The van der Waals surface area contributed by atoms with Gasteiger partial charge in [0.2, 0.25) is 0 Å². The minimum Gasteiger partial charge on any atom is -0.493 e. The summed E-state index contributed by atoms with van der Waals surface area (Å²) in [5.41, 5.74) is 6.69. The van der Waals surface area contributed by atoms with E-state index in [9.17, 15) is 9.59 Å². The normalized spacial score (nSPS) is 16.3. The van der Waals surface area contributed by atoms with E-state index in [1.165, 1.54) is 18.9 Å². The molecule has 8 heteroatoms. The van der Waals surface area contributed by atoms with Gasteiger partial charge in [0.25, 0.3) is 11.8 Å². The molecule has 0 unspecified atom stereocenters. The van der Waals surface area contributed by atoms with Crippen LogP contribution in [0.2, 0.25) is 0 Å². The number of ether oxygens (including phenoxy) is 2. The van der Waals surface area contributed by atoms with Crippen LogP contribution in [0.4, 0.5) is 5.69 Å². The molecule has 156 valence electrons. The van der Waals surface area contributed by atoms with Gasteiger partial charge in [-0.15, -0.1) is 0 Å². The van der Waals surface area contributed by atoms with Gasteiger partial charge in [-0.3, -0.25) is 14.5 Å². The maximum absolute atomic E-state index is 12.9. The molecule has 1 fully saturated rings. The highest BCUT2D eigenvalue weighted by atomic mass is 32.2. The monoisotopic (exact) mass is 425 g/mol. The Morgan fingerprint density at radius 1 is 1.20 bits per heavy atom. The van der Waals surface area contributed by atoms with E-state index in [0.717, 1.165) is 17.7 Å². The van der Waals surface area contributed by atoms with Gasteiger partial charge < -0.3 is 15.2 Å². The number of thioether (sulfide) groups is 1. The van der Waals surface area contributed by atoms with E-state index in [4.69, 9.17) is 15.2 Å². The average Bonchev–Trinajstić information content (AvgIpc) is 3.02. The highest BCUT2D eigenvalue weighted by molar-refractivity contribution is 8.18. The van der Waals surface area contributed by atoms with Gasteiger partial charge >= 0.3 is 0 Å². The van der Waals surface area contributed by atoms with Crippen molar-refractivity contribution in [3.8, 4) is 11.5 Å². The molecule has 0 spiro atoms. The Labute approximate surface area is 179 Å². The van der Waals surface area contributed by atoms with Gasteiger partial charge in [-0.1, -0.05) is 31.2 Å². The summed E-state index contributed by atoms with van der Waals surface area (Å²) in [4.78, 5) is 30.8. The van der Waals surface area contributed by atoms with Crippen molar-refractivity contribution in [1.82, 2.24) is 4.90 Å². The molecule has 1 saturated heterocycles. The lowest BCUT2D eigenvalue weighted by atomic mass is 10.2. The smallest absolute Gasteiger partial charge is 0.266 e. The Hall–Kier alpha value is -3.26. The van der Waals surface area contributed by atoms with Crippen molar-refractivity contribution in [1.29, 1.82) is 0 Å². The number of carbonyl (C=O) groups excluding carboxylic acids is 2. The zero-order valence-electron chi connectivity index (χ0n) is 16.8. The Kier molecular flexibility index (Phi) is 7.13. The number of rotatable bonds is 8. The second kappa shape index (κ2) is 9.98. The number of benzene rings is 2. The Morgan fingerprint density at radius 3 is 2.63 bits per heavy atom. The summed E-state index contributed by atoms with van der Waals surface area (Å²) >= 11 is 1.34. The molecule has 0 atom stereocenters. The lowest BCUT2D eigenvalue weighted by Gasteiger charge is -2.13. The van der Waals surface area contributed by atoms with Gasteiger partial charge in [0.15, 0.2) is 23.3 Å². The number of nitrogens with zero attached hydrogens (tertiary/aromatic N) is 2. The first-order valence-electron chi connectivity index (χ1n) is 9.46. The van der Waals surface area contributed by atoms with Crippen LogP contribution < -0.4 is 15.2 Å². The molecule has 2 aromatic carbocycles. The molecular formula is C22H23N3O4S. The number of amidine groups is 1. The molecule has 2 N–H and O–H groups in total. The van der Waals surface area contributed by atoms with Crippen molar-refractivity contribution < 1.29 is 19.1 Å². The number of carbonyl (C=O) groups is 2. The van der Waals surface area contributed by atoms with Crippen molar-refractivity contribution in [3.63, 3.8) is 0 Å². The molecule has 0 radical (unpaired) electrons. The molecule has 1 heterocycles. The first kappa shape index (κ1) is 21.4. The van der Waals surface area contributed by atoms with Crippen molar-refractivity contribution >= 4 is 40.5 Å². The van der Waals surface area contributed by atoms with E-state index in [1.807, 2.05) is 37.3 Å². The molecule has 7 nitrogen and oxygen atoms in total. The number of amides is 2. The summed E-state index contributed by atoms with van der Waals surface area (Å²) in [7, 11) is 1.51. The first-order chi connectivity index (χ1) is 14.5.